The monoisotopic (exact) mass is 405 g/mol. The topological polar surface area (TPSA) is 64.6 Å². The molecule has 6 heteroatoms. The molecule has 0 saturated heterocycles. The van der Waals surface area contributed by atoms with Crippen LogP contribution in [0.3, 0.4) is 0 Å². The van der Waals surface area contributed by atoms with E-state index in [0.717, 1.165) is 33.4 Å². The van der Waals surface area contributed by atoms with E-state index in [4.69, 9.17) is 9.47 Å². The summed E-state index contributed by atoms with van der Waals surface area (Å²) in [5, 5.41) is 0. The van der Waals surface area contributed by atoms with Crippen LogP contribution in [0.15, 0.2) is 23.1 Å². The summed E-state index contributed by atoms with van der Waals surface area (Å²) in [4.78, 5) is 0.400. The number of rotatable bonds is 8. The molecule has 0 spiro atoms. The summed E-state index contributed by atoms with van der Waals surface area (Å²) in [6.45, 7) is 12.5. The SMILES string of the molecule is CCOc1ccc(CCNS(=O)(=O)c2c(C)c(C)c(C)c(C)c2C)cc1OC. The van der Waals surface area contributed by atoms with E-state index in [1.54, 1.807) is 7.11 Å². The lowest BCUT2D eigenvalue weighted by Gasteiger charge is -2.19. The lowest BCUT2D eigenvalue weighted by Crippen LogP contribution is -2.28. The van der Waals surface area contributed by atoms with Crippen LogP contribution in [-0.2, 0) is 16.4 Å². The zero-order valence-electron chi connectivity index (χ0n) is 17.9. The van der Waals surface area contributed by atoms with Crippen molar-refractivity contribution >= 4 is 10.0 Å². The third-order valence-corrected chi connectivity index (χ3v) is 7.17. The van der Waals surface area contributed by atoms with Crippen LogP contribution in [0, 0.1) is 34.6 Å². The minimum atomic E-state index is -3.59. The van der Waals surface area contributed by atoms with Gasteiger partial charge in [-0.3, -0.25) is 0 Å². The van der Waals surface area contributed by atoms with Crippen molar-refractivity contribution in [3.05, 3.63) is 51.6 Å². The van der Waals surface area contributed by atoms with Gasteiger partial charge in [-0.25, -0.2) is 13.1 Å². The van der Waals surface area contributed by atoms with E-state index in [2.05, 4.69) is 4.72 Å². The first-order valence-electron chi connectivity index (χ1n) is 9.50. The Hall–Kier alpha value is -2.05. The largest absolute Gasteiger partial charge is 0.493 e. The molecule has 0 aromatic heterocycles. The molecule has 0 aliphatic carbocycles. The van der Waals surface area contributed by atoms with Crippen LogP contribution in [0.1, 0.15) is 40.3 Å². The Balaban J connectivity index is 2.20. The molecule has 0 heterocycles. The highest BCUT2D eigenvalue weighted by Gasteiger charge is 2.23. The van der Waals surface area contributed by atoms with Gasteiger partial charge in [-0.15, -0.1) is 0 Å². The van der Waals surface area contributed by atoms with Crippen molar-refractivity contribution in [1.82, 2.24) is 4.72 Å². The van der Waals surface area contributed by atoms with E-state index in [1.165, 1.54) is 0 Å². The second-order valence-electron chi connectivity index (χ2n) is 7.02. The van der Waals surface area contributed by atoms with Gasteiger partial charge < -0.3 is 9.47 Å². The van der Waals surface area contributed by atoms with Gasteiger partial charge in [0.2, 0.25) is 10.0 Å². The van der Waals surface area contributed by atoms with Crippen LogP contribution in [0.4, 0.5) is 0 Å². The molecule has 0 atom stereocenters. The molecule has 0 aliphatic heterocycles. The maximum Gasteiger partial charge on any atom is 0.241 e. The maximum atomic E-state index is 13.0. The zero-order valence-corrected chi connectivity index (χ0v) is 18.7. The number of ether oxygens (including phenoxy) is 2. The molecule has 0 radical (unpaired) electrons. The molecular formula is C22H31NO4S. The molecule has 2 aromatic carbocycles. The summed E-state index contributed by atoms with van der Waals surface area (Å²) < 4.78 is 39.6. The van der Waals surface area contributed by atoms with Crippen LogP contribution >= 0.6 is 0 Å². The second kappa shape index (κ2) is 8.97. The van der Waals surface area contributed by atoms with Gasteiger partial charge in [-0.2, -0.15) is 0 Å². The van der Waals surface area contributed by atoms with Crippen molar-refractivity contribution in [2.24, 2.45) is 0 Å². The van der Waals surface area contributed by atoms with Crippen molar-refractivity contribution in [3.8, 4) is 11.5 Å². The van der Waals surface area contributed by atoms with Gasteiger partial charge in [0.25, 0.3) is 0 Å². The summed E-state index contributed by atoms with van der Waals surface area (Å²) in [6, 6.07) is 5.67. The fourth-order valence-corrected chi connectivity index (χ4v) is 5.04. The summed E-state index contributed by atoms with van der Waals surface area (Å²) in [7, 11) is -2.00. The van der Waals surface area contributed by atoms with Gasteiger partial charge in [0.15, 0.2) is 11.5 Å². The lowest BCUT2D eigenvalue weighted by atomic mass is 9.95. The van der Waals surface area contributed by atoms with E-state index in [-0.39, 0.29) is 0 Å². The number of sulfonamides is 1. The standard InChI is InChI=1S/C22H31NO4S/c1-8-27-20-10-9-19(13-21(20)26-7)11-12-23-28(24,25)22-17(5)15(3)14(2)16(4)18(22)6/h9-10,13,23H,8,11-12H2,1-7H3. The Labute approximate surface area is 169 Å². The molecule has 0 saturated carbocycles. The summed E-state index contributed by atoms with van der Waals surface area (Å²) in [5.41, 5.74) is 5.81. The fraction of sp³-hybridized carbons (Fsp3) is 0.455. The smallest absolute Gasteiger partial charge is 0.241 e. The molecule has 0 amide bonds. The molecule has 0 aliphatic rings. The second-order valence-corrected chi connectivity index (χ2v) is 8.72. The minimum Gasteiger partial charge on any atom is -0.493 e. The molecule has 2 aromatic rings. The maximum absolute atomic E-state index is 13.0. The number of hydrogen-bond donors (Lipinski definition) is 1. The summed E-state index contributed by atoms with van der Waals surface area (Å²) in [6.07, 6.45) is 0.559. The van der Waals surface area contributed by atoms with Gasteiger partial charge >= 0.3 is 0 Å². The third kappa shape index (κ3) is 4.50. The number of benzene rings is 2. The molecule has 0 bridgehead atoms. The molecular weight excluding hydrogens is 374 g/mol. The Morgan fingerprint density at radius 3 is 2.00 bits per heavy atom. The van der Waals surface area contributed by atoms with Crippen LogP contribution in [-0.4, -0.2) is 28.7 Å². The van der Waals surface area contributed by atoms with Gasteiger partial charge in [-0.05, 0) is 93.5 Å². The van der Waals surface area contributed by atoms with Crippen LogP contribution in [0.2, 0.25) is 0 Å². The average molecular weight is 406 g/mol. The van der Waals surface area contributed by atoms with Crippen LogP contribution in [0.5, 0.6) is 11.5 Å². The van der Waals surface area contributed by atoms with Gasteiger partial charge in [0, 0.05) is 6.54 Å². The van der Waals surface area contributed by atoms with E-state index in [0.29, 0.717) is 36.0 Å². The van der Waals surface area contributed by atoms with E-state index in [1.807, 2.05) is 59.7 Å². The van der Waals surface area contributed by atoms with Crippen LogP contribution in [0.25, 0.3) is 0 Å². The van der Waals surface area contributed by atoms with E-state index < -0.39 is 10.0 Å². The molecule has 1 N–H and O–H groups in total. The summed E-state index contributed by atoms with van der Waals surface area (Å²) >= 11 is 0. The first kappa shape index (κ1) is 22.2. The van der Waals surface area contributed by atoms with Crippen molar-refractivity contribution in [2.45, 2.75) is 52.9 Å². The zero-order chi connectivity index (χ0) is 21.1. The quantitative estimate of drug-likeness (QED) is 0.716. The first-order valence-corrected chi connectivity index (χ1v) is 11.0. The Kier molecular flexibility index (Phi) is 7.12. The number of hydrogen-bond acceptors (Lipinski definition) is 4. The molecule has 2 rings (SSSR count). The Bertz CT molecular complexity index is 936. The summed E-state index contributed by atoms with van der Waals surface area (Å²) in [5.74, 6) is 1.34. The van der Waals surface area contributed by atoms with E-state index >= 15 is 0 Å². The number of methoxy groups -OCH3 is 1. The normalized spacial score (nSPS) is 11.5. The number of nitrogens with one attached hydrogen (secondary N) is 1. The predicted octanol–water partition coefficient (Wildman–Crippen LogP) is 4.16. The van der Waals surface area contributed by atoms with Gasteiger partial charge in [0.1, 0.15) is 0 Å². The minimum absolute atomic E-state index is 0.310. The fourth-order valence-electron chi connectivity index (χ4n) is 3.41. The Morgan fingerprint density at radius 2 is 1.46 bits per heavy atom. The lowest BCUT2D eigenvalue weighted by molar-refractivity contribution is 0.310. The van der Waals surface area contributed by atoms with Crippen molar-refractivity contribution in [2.75, 3.05) is 20.3 Å². The highest BCUT2D eigenvalue weighted by Crippen LogP contribution is 2.30. The highest BCUT2D eigenvalue weighted by atomic mass is 32.2. The van der Waals surface area contributed by atoms with Crippen molar-refractivity contribution in [3.63, 3.8) is 0 Å². The molecule has 154 valence electrons. The Morgan fingerprint density at radius 1 is 0.893 bits per heavy atom. The molecule has 0 fully saturated rings. The van der Waals surface area contributed by atoms with Crippen molar-refractivity contribution in [1.29, 1.82) is 0 Å². The van der Waals surface area contributed by atoms with Crippen LogP contribution < -0.4 is 14.2 Å². The average Bonchev–Trinajstić information content (AvgIpc) is 2.65. The predicted molar refractivity (Wildman–Crippen MR) is 113 cm³/mol. The third-order valence-electron chi connectivity index (χ3n) is 5.43. The molecule has 28 heavy (non-hydrogen) atoms. The van der Waals surface area contributed by atoms with Gasteiger partial charge in [-0.1, -0.05) is 6.07 Å². The van der Waals surface area contributed by atoms with Crippen molar-refractivity contribution < 1.29 is 17.9 Å². The first-order chi connectivity index (χ1) is 13.1. The van der Waals surface area contributed by atoms with E-state index in [9.17, 15) is 8.42 Å². The highest BCUT2D eigenvalue weighted by molar-refractivity contribution is 7.89. The molecule has 0 unspecified atom stereocenters. The molecule has 5 nitrogen and oxygen atoms in total. The van der Waals surface area contributed by atoms with Gasteiger partial charge in [0.05, 0.1) is 18.6 Å².